The lowest BCUT2D eigenvalue weighted by molar-refractivity contribution is -0.214. The van der Waals surface area contributed by atoms with Gasteiger partial charge in [0.2, 0.25) is 6.10 Å². The number of rotatable bonds is 7. The molecular formula is C18H24F3N5O4. The van der Waals surface area contributed by atoms with Gasteiger partial charge in [0, 0.05) is 45.4 Å². The van der Waals surface area contributed by atoms with Crippen molar-refractivity contribution < 1.29 is 32.5 Å². The van der Waals surface area contributed by atoms with Gasteiger partial charge in [-0.1, -0.05) is 0 Å². The number of nitrogens with zero attached hydrogens (tertiary/aromatic N) is 3. The van der Waals surface area contributed by atoms with Gasteiger partial charge in [-0.2, -0.15) is 18.2 Å². The number of ether oxygens (including phenoxy) is 2. The highest BCUT2D eigenvalue weighted by molar-refractivity contribution is 5.81. The fourth-order valence-electron chi connectivity index (χ4n) is 2.83. The van der Waals surface area contributed by atoms with Gasteiger partial charge in [0.25, 0.3) is 0 Å². The number of aryl methyl sites for hydroxylation is 1. The fourth-order valence-corrected chi connectivity index (χ4v) is 2.83. The molecule has 0 aromatic carbocycles. The Balaban J connectivity index is 1.96. The lowest BCUT2D eigenvalue weighted by atomic mass is 10.1. The number of halogens is 3. The standard InChI is InChI=1S/C18H24F3N5O4/c1-11-9-24-16(25-15(11)13(23-2)3-6-22)29-12-4-7-26(8-5-12)17(28)30-14(10-27)18(19,20)21/h3,6,9,12,14,22-23,27H,4-5,7-8,10H2,1-2H3/b13-3-,22-6?/t14-/m1/s1. The van der Waals surface area contributed by atoms with Gasteiger partial charge < -0.3 is 30.2 Å². The van der Waals surface area contributed by atoms with Crippen LogP contribution in [0.25, 0.3) is 5.70 Å². The first-order chi connectivity index (χ1) is 14.2. The molecule has 0 radical (unpaired) electrons. The first kappa shape index (κ1) is 23.4. The van der Waals surface area contributed by atoms with E-state index in [0.717, 1.165) is 16.7 Å². The maximum absolute atomic E-state index is 12.6. The van der Waals surface area contributed by atoms with E-state index >= 15 is 0 Å². The maximum atomic E-state index is 12.6. The van der Waals surface area contributed by atoms with Gasteiger partial charge in [-0.15, -0.1) is 0 Å². The zero-order valence-corrected chi connectivity index (χ0v) is 16.6. The molecule has 0 unspecified atom stereocenters. The molecule has 1 fully saturated rings. The summed E-state index contributed by atoms with van der Waals surface area (Å²) < 4.78 is 48.0. The third-order valence-electron chi connectivity index (χ3n) is 4.47. The zero-order chi connectivity index (χ0) is 22.3. The molecule has 2 rings (SSSR count). The number of hydrogen-bond donors (Lipinski definition) is 3. The van der Waals surface area contributed by atoms with Crippen LogP contribution in [-0.4, -0.2) is 77.4 Å². The van der Waals surface area contributed by atoms with E-state index in [4.69, 9.17) is 15.3 Å². The number of piperidine rings is 1. The Kier molecular flexibility index (Phi) is 7.98. The summed E-state index contributed by atoms with van der Waals surface area (Å²) in [6, 6.07) is 0.125. The minimum Gasteiger partial charge on any atom is -0.460 e. The summed E-state index contributed by atoms with van der Waals surface area (Å²) in [7, 11) is 1.70. The van der Waals surface area contributed by atoms with Gasteiger partial charge >= 0.3 is 18.3 Å². The SMILES string of the molecule is CN/C(=C\C=N)c1nc(OC2CCN(C(=O)O[C@H](CO)C(F)(F)F)CC2)ncc1C. The molecule has 0 aliphatic carbocycles. The highest BCUT2D eigenvalue weighted by atomic mass is 19.4. The number of aromatic nitrogens is 2. The minimum atomic E-state index is -4.83. The van der Waals surface area contributed by atoms with Crippen molar-refractivity contribution in [1.82, 2.24) is 20.2 Å². The Morgan fingerprint density at radius 1 is 1.47 bits per heavy atom. The molecule has 1 amide bonds. The van der Waals surface area contributed by atoms with Crippen LogP contribution in [0.3, 0.4) is 0 Å². The molecule has 1 aromatic heterocycles. The highest BCUT2D eigenvalue weighted by Gasteiger charge is 2.43. The summed E-state index contributed by atoms with van der Waals surface area (Å²) in [5.74, 6) is 0. The van der Waals surface area contributed by atoms with Crippen molar-refractivity contribution in [3.63, 3.8) is 0 Å². The fraction of sp³-hybridized carbons (Fsp3) is 0.556. The number of allylic oxidation sites excluding steroid dienone is 1. The Hall–Kier alpha value is -2.89. The molecule has 1 saturated heterocycles. The normalized spacial score (nSPS) is 16.7. The molecule has 1 atom stereocenters. The van der Waals surface area contributed by atoms with E-state index in [9.17, 15) is 18.0 Å². The van der Waals surface area contributed by atoms with Crippen LogP contribution < -0.4 is 10.1 Å². The highest BCUT2D eigenvalue weighted by Crippen LogP contribution is 2.24. The van der Waals surface area contributed by atoms with Crippen LogP contribution >= 0.6 is 0 Å². The van der Waals surface area contributed by atoms with E-state index in [1.165, 1.54) is 0 Å². The van der Waals surface area contributed by atoms with Gasteiger partial charge in [-0.25, -0.2) is 9.78 Å². The molecule has 1 aliphatic rings. The van der Waals surface area contributed by atoms with Crippen LogP contribution in [-0.2, 0) is 4.74 Å². The van der Waals surface area contributed by atoms with Crippen molar-refractivity contribution in [3.05, 3.63) is 23.5 Å². The second-order valence-corrected chi connectivity index (χ2v) is 6.58. The molecule has 9 nitrogen and oxygen atoms in total. The molecular weight excluding hydrogens is 407 g/mol. The number of carbonyl (C=O) groups excluding carboxylic acids is 1. The van der Waals surface area contributed by atoms with Crippen molar-refractivity contribution in [2.75, 3.05) is 26.7 Å². The number of aliphatic hydroxyl groups excluding tert-OH is 1. The smallest absolute Gasteiger partial charge is 0.427 e. The van der Waals surface area contributed by atoms with Crippen molar-refractivity contribution in [2.45, 2.75) is 38.1 Å². The largest absolute Gasteiger partial charge is 0.460 e. The summed E-state index contributed by atoms with van der Waals surface area (Å²) in [6.45, 7) is 0.753. The monoisotopic (exact) mass is 431 g/mol. The second kappa shape index (κ2) is 10.2. The van der Waals surface area contributed by atoms with Crippen molar-refractivity contribution in [3.8, 4) is 6.01 Å². The van der Waals surface area contributed by atoms with Crippen LogP contribution in [0.2, 0.25) is 0 Å². The molecule has 0 bridgehead atoms. The average molecular weight is 431 g/mol. The first-order valence-corrected chi connectivity index (χ1v) is 9.21. The van der Waals surface area contributed by atoms with Crippen LogP contribution in [0.5, 0.6) is 6.01 Å². The number of hydrogen-bond acceptors (Lipinski definition) is 8. The molecule has 1 aromatic rings. The van der Waals surface area contributed by atoms with E-state index in [-0.39, 0.29) is 25.2 Å². The molecule has 2 heterocycles. The van der Waals surface area contributed by atoms with Crippen LogP contribution in [0.4, 0.5) is 18.0 Å². The summed E-state index contributed by atoms with van der Waals surface area (Å²) in [5, 5.41) is 18.9. The molecule has 0 saturated carbocycles. The van der Waals surface area contributed by atoms with Crippen LogP contribution in [0.15, 0.2) is 12.3 Å². The van der Waals surface area contributed by atoms with E-state index < -0.39 is 25.0 Å². The number of alkyl halides is 3. The number of aliphatic hydroxyl groups is 1. The summed E-state index contributed by atoms with van der Waals surface area (Å²) >= 11 is 0. The predicted molar refractivity (Wildman–Crippen MR) is 101 cm³/mol. The van der Waals surface area contributed by atoms with E-state index in [2.05, 4.69) is 20.0 Å². The van der Waals surface area contributed by atoms with Gasteiger partial charge in [0.05, 0.1) is 18.0 Å². The van der Waals surface area contributed by atoms with Gasteiger partial charge in [0.1, 0.15) is 6.10 Å². The van der Waals surface area contributed by atoms with Gasteiger partial charge in [-0.05, 0) is 18.6 Å². The summed E-state index contributed by atoms with van der Waals surface area (Å²) in [4.78, 5) is 21.6. The molecule has 30 heavy (non-hydrogen) atoms. The quantitative estimate of drug-likeness (QED) is 0.564. The van der Waals surface area contributed by atoms with Crippen LogP contribution in [0.1, 0.15) is 24.1 Å². The third-order valence-corrected chi connectivity index (χ3v) is 4.47. The van der Waals surface area contributed by atoms with E-state index in [0.29, 0.717) is 24.2 Å². The number of likely N-dealkylation sites (tertiary alicyclic amines) is 1. The molecule has 166 valence electrons. The van der Waals surface area contributed by atoms with Gasteiger partial charge in [0.15, 0.2) is 0 Å². The van der Waals surface area contributed by atoms with E-state index in [1.54, 1.807) is 19.3 Å². The Morgan fingerprint density at radius 2 is 2.13 bits per heavy atom. The number of carbonyl (C=O) groups is 1. The number of nitrogens with one attached hydrogen (secondary N) is 2. The Bertz CT molecular complexity index is 780. The first-order valence-electron chi connectivity index (χ1n) is 9.21. The van der Waals surface area contributed by atoms with Crippen molar-refractivity contribution in [1.29, 1.82) is 5.41 Å². The Labute approximate surface area is 171 Å². The molecule has 0 spiro atoms. The molecule has 3 N–H and O–H groups in total. The summed E-state index contributed by atoms with van der Waals surface area (Å²) in [6.07, 6.45) is -3.86. The lowest BCUT2D eigenvalue weighted by Crippen LogP contribution is -2.46. The van der Waals surface area contributed by atoms with Crippen molar-refractivity contribution in [2.24, 2.45) is 0 Å². The third kappa shape index (κ3) is 6.05. The minimum absolute atomic E-state index is 0.125. The predicted octanol–water partition coefficient (Wildman–Crippen LogP) is 1.90. The molecule has 12 heteroatoms. The second-order valence-electron chi connectivity index (χ2n) is 6.58. The van der Waals surface area contributed by atoms with Crippen LogP contribution in [0, 0.1) is 12.3 Å². The number of amides is 1. The average Bonchev–Trinajstić information content (AvgIpc) is 2.71. The van der Waals surface area contributed by atoms with E-state index in [1.807, 2.05) is 6.92 Å². The topological polar surface area (TPSA) is 121 Å². The van der Waals surface area contributed by atoms with Crippen molar-refractivity contribution >= 4 is 18.0 Å². The summed E-state index contributed by atoms with van der Waals surface area (Å²) in [5.41, 5.74) is 1.98. The Morgan fingerprint density at radius 3 is 2.67 bits per heavy atom. The lowest BCUT2D eigenvalue weighted by Gasteiger charge is -2.32. The maximum Gasteiger partial charge on any atom is 0.427 e. The molecule has 1 aliphatic heterocycles. The zero-order valence-electron chi connectivity index (χ0n) is 16.6. The van der Waals surface area contributed by atoms with Gasteiger partial charge in [-0.3, -0.25) is 0 Å².